The fourth-order valence-electron chi connectivity index (χ4n) is 2.60. The highest BCUT2D eigenvalue weighted by atomic mass is 35.5. The molecule has 1 aliphatic heterocycles. The Morgan fingerprint density at radius 2 is 1.76 bits per heavy atom. The van der Waals surface area contributed by atoms with Gasteiger partial charge in [0.15, 0.2) is 0 Å². The Labute approximate surface area is 159 Å². The number of nitrogens with zero attached hydrogens (tertiary/aromatic N) is 1. The van der Waals surface area contributed by atoms with Crippen LogP contribution >= 0.6 is 34.8 Å². The molecule has 25 heavy (non-hydrogen) atoms. The lowest BCUT2D eigenvalue weighted by Gasteiger charge is -2.17. The van der Waals surface area contributed by atoms with Gasteiger partial charge in [-0.25, -0.2) is 4.79 Å². The van der Waals surface area contributed by atoms with Crippen molar-refractivity contribution in [2.75, 3.05) is 16.8 Å². The van der Waals surface area contributed by atoms with E-state index in [1.54, 1.807) is 47.4 Å². The minimum Gasteiger partial charge on any atom is -0.333 e. The Hall–Kier alpha value is -1.95. The fourth-order valence-corrected chi connectivity index (χ4v) is 3.03. The summed E-state index contributed by atoms with van der Waals surface area (Å²) < 4.78 is 0. The SMILES string of the molecule is O=C(Nc1ccc(Cl)c(Cl)c1)N[C@@H]1CC(=O)N(c2ccc(Cl)cc2)C1. The van der Waals surface area contributed by atoms with Crippen LogP contribution in [0, 0.1) is 0 Å². The molecular formula is C17H14Cl3N3O2. The van der Waals surface area contributed by atoms with Crippen LogP contribution in [0.1, 0.15) is 6.42 Å². The number of hydrogen-bond acceptors (Lipinski definition) is 2. The van der Waals surface area contributed by atoms with Crippen molar-refractivity contribution in [3.05, 3.63) is 57.5 Å². The zero-order valence-electron chi connectivity index (χ0n) is 12.9. The van der Waals surface area contributed by atoms with Crippen molar-refractivity contribution in [1.29, 1.82) is 0 Å². The molecule has 3 rings (SSSR count). The summed E-state index contributed by atoms with van der Waals surface area (Å²) in [4.78, 5) is 25.9. The number of amides is 3. The van der Waals surface area contributed by atoms with Gasteiger partial charge in [-0.3, -0.25) is 4.79 Å². The molecule has 0 aromatic heterocycles. The molecular weight excluding hydrogens is 385 g/mol. The van der Waals surface area contributed by atoms with Crippen molar-refractivity contribution >= 4 is 58.1 Å². The lowest BCUT2D eigenvalue weighted by molar-refractivity contribution is -0.117. The van der Waals surface area contributed by atoms with E-state index in [9.17, 15) is 9.59 Å². The molecule has 1 aliphatic rings. The summed E-state index contributed by atoms with van der Waals surface area (Å²) >= 11 is 17.6. The number of rotatable bonds is 3. The number of urea groups is 1. The van der Waals surface area contributed by atoms with Gasteiger partial charge in [0.05, 0.1) is 16.1 Å². The maximum atomic E-state index is 12.2. The highest BCUT2D eigenvalue weighted by molar-refractivity contribution is 6.42. The first-order valence-corrected chi connectivity index (χ1v) is 8.64. The van der Waals surface area contributed by atoms with Crippen LogP contribution in [-0.2, 0) is 4.79 Å². The van der Waals surface area contributed by atoms with Crippen molar-refractivity contribution in [3.8, 4) is 0 Å². The molecule has 1 fully saturated rings. The molecule has 3 amide bonds. The van der Waals surface area contributed by atoms with Crippen LogP contribution in [0.25, 0.3) is 0 Å². The summed E-state index contributed by atoms with van der Waals surface area (Å²) in [7, 11) is 0. The summed E-state index contributed by atoms with van der Waals surface area (Å²) in [5, 5.41) is 6.83. The van der Waals surface area contributed by atoms with E-state index in [4.69, 9.17) is 34.8 Å². The Morgan fingerprint density at radius 1 is 1.04 bits per heavy atom. The van der Waals surface area contributed by atoms with E-state index in [2.05, 4.69) is 10.6 Å². The van der Waals surface area contributed by atoms with Crippen molar-refractivity contribution < 1.29 is 9.59 Å². The van der Waals surface area contributed by atoms with Crippen molar-refractivity contribution in [2.24, 2.45) is 0 Å². The molecule has 130 valence electrons. The number of benzene rings is 2. The van der Waals surface area contributed by atoms with Gasteiger partial charge in [0.2, 0.25) is 5.91 Å². The first-order valence-electron chi connectivity index (χ1n) is 7.51. The van der Waals surface area contributed by atoms with Crippen molar-refractivity contribution in [2.45, 2.75) is 12.5 Å². The molecule has 5 nitrogen and oxygen atoms in total. The Balaban J connectivity index is 1.60. The van der Waals surface area contributed by atoms with Crippen LogP contribution in [0.15, 0.2) is 42.5 Å². The molecule has 0 saturated carbocycles. The smallest absolute Gasteiger partial charge is 0.319 e. The van der Waals surface area contributed by atoms with E-state index in [1.165, 1.54) is 0 Å². The van der Waals surface area contributed by atoms with Crippen LogP contribution in [-0.4, -0.2) is 24.5 Å². The minimum absolute atomic E-state index is 0.0536. The van der Waals surface area contributed by atoms with Gasteiger partial charge >= 0.3 is 6.03 Å². The predicted octanol–water partition coefficient (Wildman–Crippen LogP) is 4.57. The molecule has 2 N–H and O–H groups in total. The second kappa shape index (κ2) is 7.52. The summed E-state index contributed by atoms with van der Waals surface area (Å²) in [6.07, 6.45) is 0.234. The fraction of sp³-hybridized carbons (Fsp3) is 0.176. The molecule has 0 aliphatic carbocycles. The molecule has 2 aromatic rings. The van der Waals surface area contributed by atoms with E-state index < -0.39 is 6.03 Å². The Morgan fingerprint density at radius 3 is 2.44 bits per heavy atom. The minimum atomic E-state index is -0.408. The van der Waals surface area contributed by atoms with Crippen LogP contribution in [0.4, 0.5) is 16.2 Å². The summed E-state index contributed by atoms with van der Waals surface area (Å²) in [5.41, 5.74) is 1.27. The van der Waals surface area contributed by atoms with Crippen molar-refractivity contribution in [3.63, 3.8) is 0 Å². The average molecular weight is 399 g/mol. The topological polar surface area (TPSA) is 61.4 Å². The zero-order valence-corrected chi connectivity index (χ0v) is 15.2. The first kappa shape index (κ1) is 17.9. The first-order chi connectivity index (χ1) is 11.9. The number of nitrogens with one attached hydrogen (secondary N) is 2. The lowest BCUT2D eigenvalue weighted by Crippen LogP contribution is -2.39. The van der Waals surface area contributed by atoms with Crippen molar-refractivity contribution in [1.82, 2.24) is 5.32 Å². The van der Waals surface area contributed by atoms with E-state index in [0.29, 0.717) is 27.3 Å². The van der Waals surface area contributed by atoms with Gasteiger partial charge in [0.25, 0.3) is 0 Å². The predicted molar refractivity (Wildman–Crippen MR) is 101 cm³/mol. The summed E-state index contributed by atoms with van der Waals surface area (Å²) in [6.45, 7) is 0.398. The Bertz CT molecular complexity index is 811. The highest BCUT2D eigenvalue weighted by Crippen LogP contribution is 2.25. The summed E-state index contributed by atoms with van der Waals surface area (Å²) in [6, 6.07) is 11.1. The second-order valence-corrected chi connectivity index (χ2v) is 6.86. The van der Waals surface area contributed by atoms with E-state index in [0.717, 1.165) is 5.69 Å². The third kappa shape index (κ3) is 4.37. The molecule has 1 heterocycles. The van der Waals surface area contributed by atoms with E-state index >= 15 is 0 Å². The molecule has 0 bridgehead atoms. The molecule has 2 aromatic carbocycles. The molecule has 1 atom stereocenters. The standard InChI is InChI=1S/C17H14Cl3N3O2/c18-10-1-4-13(5-2-10)23-9-12(8-16(23)24)22-17(25)21-11-3-6-14(19)15(20)7-11/h1-7,12H,8-9H2,(H2,21,22,25)/t12-/m1/s1. The lowest BCUT2D eigenvalue weighted by atomic mass is 10.2. The average Bonchev–Trinajstić information content (AvgIpc) is 2.92. The third-order valence-corrected chi connectivity index (χ3v) is 4.77. The molecule has 0 spiro atoms. The monoisotopic (exact) mass is 397 g/mol. The van der Waals surface area contributed by atoms with E-state index in [1.807, 2.05) is 0 Å². The normalized spacial score (nSPS) is 16.8. The number of carbonyl (C=O) groups is 2. The van der Waals surface area contributed by atoms with E-state index in [-0.39, 0.29) is 18.4 Å². The number of anilines is 2. The van der Waals surface area contributed by atoms with Crippen LogP contribution in [0.3, 0.4) is 0 Å². The van der Waals surface area contributed by atoms with Gasteiger partial charge in [-0.15, -0.1) is 0 Å². The van der Waals surface area contributed by atoms with Crippen LogP contribution in [0.5, 0.6) is 0 Å². The molecule has 0 unspecified atom stereocenters. The Kier molecular flexibility index (Phi) is 5.37. The summed E-state index contributed by atoms with van der Waals surface area (Å²) in [5.74, 6) is -0.0536. The largest absolute Gasteiger partial charge is 0.333 e. The molecule has 1 saturated heterocycles. The maximum Gasteiger partial charge on any atom is 0.319 e. The van der Waals surface area contributed by atoms with Gasteiger partial charge < -0.3 is 15.5 Å². The molecule has 8 heteroatoms. The van der Waals surface area contributed by atoms with Crippen LogP contribution in [0.2, 0.25) is 15.1 Å². The third-order valence-electron chi connectivity index (χ3n) is 3.78. The van der Waals surface area contributed by atoms with Gasteiger partial charge in [0.1, 0.15) is 0 Å². The second-order valence-electron chi connectivity index (χ2n) is 5.61. The number of halogens is 3. The van der Waals surface area contributed by atoms with Crippen LogP contribution < -0.4 is 15.5 Å². The van der Waals surface area contributed by atoms with Gasteiger partial charge in [-0.1, -0.05) is 34.8 Å². The number of hydrogen-bond donors (Lipinski definition) is 2. The highest BCUT2D eigenvalue weighted by Gasteiger charge is 2.31. The maximum absolute atomic E-state index is 12.2. The van der Waals surface area contributed by atoms with Gasteiger partial charge in [-0.2, -0.15) is 0 Å². The quantitative estimate of drug-likeness (QED) is 0.795. The number of carbonyl (C=O) groups excluding carboxylic acids is 2. The van der Waals surface area contributed by atoms with Gasteiger partial charge in [-0.05, 0) is 42.5 Å². The zero-order chi connectivity index (χ0) is 18.0. The molecule has 0 radical (unpaired) electrons. The van der Waals surface area contributed by atoms with Gasteiger partial charge in [0, 0.05) is 29.4 Å².